The molecule has 42 heavy (non-hydrogen) atoms. The second-order valence-corrected chi connectivity index (χ2v) is 14.2. The maximum atomic E-state index is 13.2. The first-order valence-corrected chi connectivity index (χ1v) is 16.7. The number of rotatable bonds is 0. The minimum absolute atomic E-state index is 0.0713. The number of anilines is 1. The van der Waals surface area contributed by atoms with Gasteiger partial charge in [-0.05, 0) is 117 Å². The van der Waals surface area contributed by atoms with Crippen molar-refractivity contribution in [2.75, 3.05) is 24.6 Å². The van der Waals surface area contributed by atoms with Crippen molar-refractivity contribution in [3.8, 4) is 5.75 Å². The van der Waals surface area contributed by atoms with Crippen LogP contribution in [-0.2, 0) is 11.8 Å². The molecule has 2 N–H and O–H groups in total. The van der Waals surface area contributed by atoms with Crippen molar-refractivity contribution in [3.63, 3.8) is 0 Å². The maximum Gasteiger partial charge on any atom is 0.261 e. The fourth-order valence-corrected chi connectivity index (χ4v) is 7.85. The number of hydrogen-bond acceptors (Lipinski definition) is 5. The first-order chi connectivity index (χ1) is 20.2. The third kappa shape index (κ3) is 6.56. The van der Waals surface area contributed by atoms with Crippen LogP contribution in [-0.4, -0.2) is 42.1 Å². The average molecular weight is 609 g/mol. The van der Waals surface area contributed by atoms with Crippen molar-refractivity contribution < 1.29 is 14.6 Å². The number of aliphatic hydroxyl groups excluding tert-OH is 1. The summed E-state index contributed by atoms with van der Waals surface area (Å²) < 4.78 is 9.67. The summed E-state index contributed by atoms with van der Waals surface area (Å²) in [6, 6.07) is 12.2. The molecular weight excluding hydrogens is 564 g/mol. The lowest BCUT2D eigenvalue weighted by molar-refractivity contribution is 0.0456. The molecule has 6 atom stereocenters. The van der Waals surface area contributed by atoms with E-state index in [1.807, 2.05) is 37.3 Å². The van der Waals surface area contributed by atoms with Crippen LogP contribution < -0.4 is 14.4 Å². The van der Waals surface area contributed by atoms with Gasteiger partial charge in [-0.3, -0.25) is 9.52 Å². The van der Waals surface area contributed by atoms with Gasteiger partial charge in [-0.1, -0.05) is 49.7 Å². The van der Waals surface area contributed by atoms with Crippen molar-refractivity contribution in [3.05, 3.63) is 82.9 Å². The Morgan fingerprint density at radius 1 is 1.21 bits per heavy atom. The number of amides is 1. The van der Waals surface area contributed by atoms with Crippen LogP contribution in [0.25, 0.3) is 0 Å². The highest BCUT2D eigenvalue weighted by atomic mass is 35.5. The van der Waals surface area contributed by atoms with Crippen LogP contribution in [0, 0.1) is 17.8 Å². The summed E-state index contributed by atoms with van der Waals surface area (Å²) >= 11 is 7.88. The molecule has 2 aliphatic heterocycles. The van der Waals surface area contributed by atoms with Crippen LogP contribution >= 0.6 is 23.5 Å². The molecule has 6 rings (SSSR count). The maximum absolute atomic E-state index is 13.2. The fourth-order valence-electron chi connectivity index (χ4n) is 6.90. The number of hydrogen-bond donors (Lipinski definition) is 2. The largest absolute Gasteiger partial charge is 0.490 e. The zero-order valence-electron chi connectivity index (χ0n) is 25.2. The smallest absolute Gasteiger partial charge is 0.261 e. The predicted octanol–water partition coefficient (Wildman–Crippen LogP) is 7.76. The van der Waals surface area contributed by atoms with Gasteiger partial charge in [0.2, 0.25) is 0 Å². The predicted molar refractivity (Wildman–Crippen MR) is 176 cm³/mol. The average Bonchev–Trinajstić information content (AvgIpc) is 3.10. The van der Waals surface area contributed by atoms with E-state index in [4.69, 9.17) is 16.3 Å². The van der Waals surface area contributed by atoms with Gasteiger partial charge in [0.1, 0.15) is 5.75 Å². The number of fused-ring (bicyclic) bond motifs is 4. The molecule has 2 aromatic rings. The molecule has 1 saturated carbocycles. The lowest BCUT2D eigenvalue weighted by Gasteiger charge is -2.45. The number of allylic oxidation sites excluding steroid dienone is 2. The van der Waals surface area contributed by atoms with Gasteiger partial charge in [0.05, 0.1) is 18.4 Å². The third-order valence-corrected chi connectivity index (χ3v) is 11.0. The van der Waals surface area contributed by atoms with Gasteiger partial charge >= 0.3 is 0 Å². The molecule has 6 unspecified atom stereocenters. The number of ether oxygens (including phenoxy) is 1. The van der Waals surface area contributed by atoms with Crippen molar-refractivity contribution in [1.82, 2.24) is 4.72 Å². The molecule has 226 valence electrons. The molecule has 7 heteroatoms. The van der Waals surface area contributed by atoms with E-state index in [0.29, 0.717) is 24.0 Å². The topological polar surface area (TPSA) is 61.8 Å². The standard InChI is InChI=1S/C32H39ClN2O3S.C3H6/c1-20-5-3-7-29(36)26-11-8-24(26)17-35-18-32(14-4-6-22-15-25(33)10-12-27(22)32)19-38-30-13-9-23(16-28(30)35)31(37)34-39-21(20)2;1-3-2/h3,7,9-10,12-13,15-16,20-21,24,26,29,36H,4-6,8,11,14,17-19H2,1-2H3,(H,34,37);3H,1H2,2H3/b7-3+;. The molecule has 0 saturated heterocycles. The Hall–Kier alpha value is -2.41. The van der Waals surface area contributed by atoms with Crippen molar-refractivity contribution >= 4 is 35.1 Å². The Morgan fingerprint density at radius 3 is 2.79 bits per heavy atom. The number of carbonyl (C=O) groups excluding carboxylic acids is 1. The SMILES string of the molecule is C=CC.CC1C/C=C/C(O)C2CCC2CN2CC3(CCCc4cc(Cl)ccc43)COc3ccc(cc32)C(=O)NSC1C. The van der Waals surface area contributed by atoms with Crippen LogP contribution in [0.15, 0.2) is 61.2 Å². The van der Waals surface area contributed by atoms with Crippen LogP contribution in [0.5, 0.6) is 5.75 Å². The third-order valence-electron chi connectivity index (χ3n) is 9.65. The number of carbonyl (C=O) groups is 1. The van der Waals surface area contributed by atoms with Gasteiger partial charge in [-0.2, -0.15) is 0 Å². The first-order valence-electron chi connectivity index (χ1n) is 15.4. The quantitative estimate of drug-likeness (QED) is 0.236. The lowest BCUT2D eigenvalue weighted by atomic mass is 9.68. The molecule has 2 heterocycles. The van der Waals surface area contributed by atoms with Crippen LogP contribution in [0.3, 0.4) is 0 Å². The number of halogens is 1. The van der Waals surface area contributed by atoms with E-state index in [1.165, 1.54) is 23.1 Å². The van der Waals surface area contributed by atoms with Gasteiger partial charge in [-0.25, -0.2) is 0 Å². The van der Waals surface area contributed by atoms with Gasteiger partial charge in [0.15, 0.2) is 0 Å². The van der Waals surface area contributed by atoms with E-state index in [9.17, 15) is 9.90 Å². The second kappa shape index (κ2) is 13.5. The Balaban J connectivity index is 0.00000113. The molecule has 0 radical (unpaired) electrons. The van der Waals surface area contributed by atoms with Crippen molar-refractivity contribution in [1.29, 1.82) is 0 Å². The lowest BCUT2D eigenvalue weighted by Crippen LogP contribution is -2.49. The van der Waals surface area contributed by atoms with E-state index in [-0.39, 0.29) is 22.5 Å². The number of benzene rings is 2. The molecule has 2 bridgehead atoms. The van der Waals surface area contributed by atoms with Crippen molar-refractivity contribution in [2.24, 2.45) is 17.8 Å². The summed E-state index contributed by atoms with van der Waals surface area (Å²) in [4.78, 5) is 15.7. The molecule has 4 aliphatic rings. The Labute approximate surface area is 260 Å². The fraction of sp³-hybridized carbons (Fsp3) is 0.514. The van der Waals surface area contributed by atoms with E-state index in [0.717, 1.165) is 68.1 Å². The van der Waals surface area contributed by atoms with Crippen molar-refractivity contribution in [2.45, 2.75) is 76.1 Å². The summed E-state index contributed by atoms with van der Waals surface area (Å²) in [7, 11) is 0. The highest BCUT2D eigenvalue weighted by Crippen LogP contribution is 2.46. The zero-order valence-corrected chi connectivity index (χ0v) is 26.7. The molecule has 1 spiro atoms. The minimum Gasteiger partial charge on any atom is -0.490 e. The molecule has 2 aliphatic carbocycles. The number of nitrogens with zero attached hydrogens (tertiary/aromatic N) is 1. The molecule has 1 fully saturated rings. The Kier molecular flexibility index (Phi) is 9.96. The van der Waals surface area contributed by atoms with Gasteiger partial charge in [0.25, 0.3) is 5.91 Å². The van der Waals surface area contributed by atoms with Gasteiger partial charge in [-0.15, -0.1) is 6.58 Å². The number of aliphatic hydroxyl groups is 1. The highest BCUT2D eigenvalue weighted by molar-refractivity contribution is 7.98. The highest BCUT2D eigenvalue weighted by Gasteiger charge is 2.44. The van der Waals surface area contributed by atoms with Crippen LogP contribution in [0.2, 0.25) is 5.02 Å². The van der Waals surface area contributed by atoms with E-state index >= 15 is 0 Å². The summed E-state index contributed by atoms with van der Waals surface area (Å²) in [5.74, 6) is 1.78. The monoisotopic (exact) mass is 608 g/mol. The van der Waals surface area contributed by atoms with E-state index < -0.39 is 6.10 Å². The molecular formula is C35H45ClN2O3S. The Bertz CT molecular complexity index is 1320. The summed E-state index contributed by atoms with van der Waals surface area (Å²) in [6.45, 7) is 11.8. The molecule has 5 nitrogen and oxygen atoms in total. The van der Waals surface area contributed by atoms with E-state index in [2.05, 4.69) is 48.3 Å². The van der Waals surface area contributed by atoms with Gasteiger partial charge < -0.3 is 14.7 Å². The molecule has 2 aromatic carbocycles. The van der Waals surface area contributed by atoms with Gasteiger partial charge in [0, 0.05) is 34.3 Å². The number of nitrogens with one attached hydrogen (secondary N) is 1. The summed E-state index contributed by atoms with van der Waals surface area (Å²) in [5.41, 5.74) is 4.14. The number of aryl methyl sites for hydroxylation is 1. The summed E-state index contributed by atoms with van der Waals surface area (Å²) in [5, 5.41) is 12.1. The van der Waals surface area contributed by atoms with Crippen LogP contribution in [0.1, 0.15) is 74.4 Å². The molecule has 1 amide bonds. The van der Waals surface area contributed by atoms with Crippen LogP contribution in [0.4, 0.5) is 5.69 Å². The zero-order chi connectivity index (χ0) is 29.9. The van der Waals surface area contributed by atoms with E-state index in [1.54, 1.807) is 6.08 Å². The normalized spacial score (nSPS) is 31.5. The first kappa shape index (κ1) is 31.0. The second-order valence-electron chi connectivity index (χ2n) is 12.6. The summed E-state index contributed by atoms with van der Waals surface area (Å²) in [6.07, 6.45) is 11.7. The Morgan fingerprint density at radius 2 is 2.02 bits per heavy atom. The molecule has 0 aromatic heterocycles. The minimum atomic E-state index is -0.424.